The van der Waals surface area contributed by atoms with Crippen molar-refractivity contribution in [2.75, 3.05) is 6.61 Å². The summed E-state index contributed by atoms with van der Waals surface area (Å²) < 4.78 is 28.4. The standard InChI is InChI=1S/C4H10O8P2/c1-4(5)2-3-11-14(9,10)12-13(6,7)8/h2-3H2,1H3,(H,9,10)(H2,6,7,8). The number of carbonyl (C=O) groups is 1. The summed E-state index contributed by atoms with van der Waals surface area (Å²) in [7, 11) is -9.86. The van der Waals surface area contributed by atoms with E-state index < -0.39 is 22.3 Å². The largest absolute Gasteiger partial charge is 0.481 e. The van der Waals surface area contributed by atoms with E-state index in [0.29, 0.717) is 0 Å². The highest BCUT2D eigenvalue weighted by atomic mass is 31.3. The lowest BCUT2D eigenvalue weighted by molar-refractivity contribution is -0.117. The summed E-state index contributed by atoms with van der Waals surface area (Å²) in [6.45, 7) is 0.790. The molecule has 0 aliphatic heterocycles. The maximum Gasteiger partial charge on any atom is 0.481 e. The van der Waals surface area contributed by atoms with Crippen LogP contribution in [0.2, 0.25) is 0 Å². The number of Topliss-reactive ketones (excluding diaryl/α,β-unsaturated/α-hetero) is 1. The molecule has 8 nitrogen and oxygen atoms in total. The smallest absolute Gasteiger partial charge is 0.302 e. The number of hydrogen-bond donors (Lipinski definition) is 3. The Kier molecular flexibility index (Phi) is 5.11. The van der Waals surface area contributed by atoms with E-state index in [2.05, 4.69) is 8.83 Å². The average Bonchev–Trinajstić information content (AvgIpc) is 1.78. The third-order valence-electron chi connectivity index (χ3n) is 0.918. The second kappa shape index (κ2) is 5.14. The van der Waals surface area contributed by atoms with Crippen molar-refractivity contribution >= 4 is 21.4 Å². The van der Waals surface area contributed by atoms with Crippen molar-refractivity contribution in [2.45, 2.75) is 13.3 Å². The van der Waals surface area contributed by atoms with Crippen molar-refractivity contribution in [1.29, 1.82) is 0 Å². The molecule has 0 amide bonds. The lowest BCUT2D eigenvalue weighted by atomic mass is 10.3. The zero-order valence-electron chi connectivity index (χ0n) is 7.19. The normalized spacial score (nSPS) is 16.3. The fourth-order valence-corrected chi connectivity index (χ4v) is 2.05. The Morgan fingerprint density at radius 3 is 2.14 bits per heavy atom. The fourth-order valence-electron chi connectivity index (χ4n) is 0.463. The number of phosphoric acid groups is 2. The molecule has 0 spiro atoms. The van der Waals surface area contributed by atoms with Gasteiger partial charge >= 0.3 is 15.6 Å². The van der Waals surface area contributed by atoms with Gasteiger partial charge in [0.25, 0.3) is 0 Å². The van der Waals surface area contributed by atoms with Crippen LogP contribution in [0.25, 0.3) is 0 Å². The molecule has 0 rings (SSSR count). The van der Waals surface area contributed by atoms with Crippen LogP contribution >= 0.6 is 15.6 Å². The molecule has 0 saturated carbocycles. The summed E-state index contributed by atoms with van der Waals surface area (Å²) in [6.07, 6.45) is -0.144. The van der Waals surface area contributed by atoms with Crippen LogP contribution in [-0.4, -0.2) is 27.1 Å². The topological polar surface area (TPSA) is 130 Å². The Morgan fingerprint density at radius 2 is 1.79 bits per heavy atom. The number of carbonyl (C=O) groups excluding carboxylic acids is 1. The summed E-state index contributed by atoms with van der Waals surface area (Å²) in [4.78, 5) is 35.4. The van der Waals surface area contributed by atoms with E-state index >= 15 is 0 Å². The first-order valence-corrected chi connectivity index (χ1v) is 6.38. The lowest BCUT2D eigenvalue weighted by Crippen LogP contribution is -2.00. The van der Waals surface area contributed by atoms with Crippen molar-refractivity contribution in [3.05, 3.63) is 0 Å². The van der Waals surface area contributed by atoms with E-state index in [1.54, 1.807) is 0 Å². The van der Waals surface area contributed by atoms with Crippen molar-refractivity contribution in [1.82, 2.24) is 0 Å². The van der Waals surface area contributed by atoms with Crippen LogP contribution < -0.4 is 0 Å². The molecule has 0 fully saturated rings. The number of rotatable bonds is 6. The van der Waals surface area contributed by atoms with E-state index in [9.17, 15) is 13.9 Å². The van der Waals surface area contributed by atoms with Gasteiger partial charge in [-0.25, -0.2) is 9.13 Å². The van der Waals surface area contributed by atoms with Crippen LogP contribution in [0, 0.1) is 0 Å². The third kappa shape index (κ3) is 8.52. The van der Waals surface area contributed by atoms with Gasteiger partial charge in [-0.15, -0.1) is 0 Å². The Labute approximate surface area is 79.7 Å². The first-order chi connectivity index (χ1) is 6.12. The second-order valence-corrected chi connectivity index (χ2v) is 5.16. The number of ketones is 1. The monoisotopic (exact) mass is 248 g/mol. The van der Waals surface area contributed by atoms with Gasteiger partial charge in [-0.05, 0) is 6.92 Å². The first kappa shape index (κ1) is 13.9. The zero-order valence-corrected chi connectivity index (χ0v) is 8.98. The number of phosphoric ester groups is 1. The fraction of sp³-hybridized carbons (Fsp3) is 0.750. The van der Waals surface area contributed by atoms with Crippen molar-refractivity contribution in [3.8, 4) is 0 Å². The van der Waals surface area contributed by atoms with Gasteiger partial charge in [0.05, 0.1) is 6.61 Å². The maximum atomic E-state index is 10.7. The van der Waals surface area contributed by atoms with Crippen molar-refractivity contribution in [2.24, 2.45) is 0 Å². The predicted molar refractivity (Wildman–Crippen MR) is 44.2 cm³/mol. The Morgan fingerprint density at radius 1 is 1.29 bits per heavy atom. The van der Waals surface area contributed by atoms with Gasteiger partial charge in [-0.2, -0.15) is 4.31 Å². The van der Waals surface area contributed by atoms with Crippen molar-refractivity contribution in [3.63, 3.8) is 0 Å². The van der Waals surface area contributed by atoms with Gasteiger partial charge in [0.15, 0.2) is 0 Å². The third-order valence-corrected chi connectivity index (χ3v) is 3.10. The molecule has 0 aromatic carbocycles. The SMILES string of the molecule is CC(=O)CCOP(=O)(O)OP(=O)(O)O. The molecule has 0 aromatic rings. The minimum Gasteiger partial charge on any atom is -0.302 e. The molecular formula is C4H10O8P2. The molecule has 10 heteroatoms. The van der Waals surface area contributed by atoms with Crippen LogP contribution in [0.15, 0.2) is 0 Å². The highest BCUT2D eigenvalue weighted by Gasteiger charge is 2.32. The van der Waals surface area contributed by atoms with Crippen LogP contribution in [0.4, 0.5) is 0 Å². The summed E-state index contributed by atoms with van der Waals surface area (Å²) in [5, 5.41) is 0. The van der Waals surface area contributed by atoms with Crippen LogP contribution in [0.5, 0.6) is 0 Å². The van der Waals surface area contributed by atoms with Gasteiger partial charge in [0.2, 0.25) is 0 Å². The minimum atomic E-state index is -5.07. The van der Waals surface area contributed by atoms with Crippen LogP contribution in [0.1, 0.15) is 13.3 Å². The maximum absolute atomic E-state index is 10.7. The van der Waals surface area contributed by atoms with E-state index in [1.165, 1.54) is 6.92 Å². The molecule has 0 radical (unpaired) electrons. The summed E-state index contributed by atoms with van der Waals surface area (Å²) in [6, 6.07) is 0. The van der Waals surface area contributed by atoms with E-state index in [-0.39, 0.29) is 12.2 Å². The van der Waals surface area contributed by atoms with E-state index in [0.717, 1.165) is 0 Å². The van der Waals surface area contributed by atoms with Gasteiger partial charge in [-0.3, -0.25) is 9.32 Å². The lowest BCUT2D eigenvalue weighted by Gasteiger charge is -2.11. The van der Waals surface area contributed by atoms with Crippen molar-refractivity contribution < 1.29 is 37.4 Å². The van der Waals surface area contributed by atoms with E-state index in [1.807, 2.05) is 0 Å². The Bertz CT molecular complexity index is 292. The molecular weight excluding hydrogens is 238 g/mol. The molecule has 0 aliphatic carbocycles. The van der Waals surface area contributed by atoms with Crippen LogP contribution in [-0.2, 0) is 22.8 Å². The van der Waals surface area contributed by atoms with Gasteiger partial charge < -0.3 is 14.7 Å². The molecule has 0 bridgehead atoms. The molecule has 0 aliphatic rings. The van der Waals surface area contributed by atoms with Gasteiger partial charge in [0, 0.05) is 6.42 Å². The zero-order chi connectivity index (χ0) is 11.4. The average molecular weight is 248 g/mol. The summed E-state index contributed by atoms with van der Waals surface area (Å²) in [5.74, 6) is -0.291. The predicted octanol–water partition coefficient (Wildman–Crippen LogP) is 0.192. The molecule has 84 valence electrons. The molecule has 0 heterocycles. The minimum absolute atomic E-state index is 0.144. The second-order valence-electron chi connectivity index (χ2n) is 2.33. The van der Waals surface area contributed by atoms with E-state index in [4.69, 9.17) is 14.7 Å². The molecule has 14 heavy (non-hydrogen) atoms. The summed E-state index contributed by atoms with van der Waals surface area (Å²) >= 11 is 0. The Hall–Kier alpha value is -0.0700. The van der Waals surface area contributed by atoms with Gasteiger partial charge in [0.1, 0.15) is 5.78 Å². The van der Waals surface area contributed by atoms with Crippen LogP contribution in [0.3, 0.4) is 0 Å². The molecule has 1 atom stereocenters. The highest BCUT2D eigenvalue weighted by molar-refractivity contribution is 7.60. The number of hydrogen-bond acceptors (Lipinski definition) is 5. The molecule has 3 N–H and O–H groups in total. The Balaban J connectivity index is 4.03. The highest BCUT2D eigenvalue weighted by Crippen LogP contribution is 2.57. The van der Waals surface area contributed by atoms with Gasteiger partial charge in [-0.1, -0.05) is 0 Å². The first-order valence-electron chi connectivity index (χ1n) is 3.36. The molecule has 0 saturated heterocycles. The summed E-state index contributed by atoms with van der Waals surface area (Å²) in [5.41, 5.74) is 0. The molecule has 0 aromatic heterocycles. The quantitative estimate of drug-likeness (QED) is 0.568. The molecule has 1 unspecified atom stereocenters.